The average Bonchev–Trinajstić information content (AvgIpc) is 3.14. The van der Waals surface area contributed by atoms with Crippen LogP contribution in [0.25, 0.3) is 0 Å². The molecule has 1 saturated carbocycles. The lowest BCUT2D eigenvalue weighted by Crippen LogP contribution is -2.47. The maximum absolute atomic E-state index is 11.0. The zero-order valence-electron chi connectivity index (χ0n) is 10.2. The van der Waals surface area contributed by atoms with Gasteiger partial charge < -0.3 is 9.64 Å². The molecule has 1 aliphatic carbocycles. The van der Waals surface area contributed by atoms with E-state index in [0.29, 0.717) is 6.42 Å². The number of carbonyl (C=O) groups excluding carboxylic acids is 1. The molecule has 0 amide bonds. The van der Waals surface area contributed by atoms with Gasteiger partial charge >= 0.3 is 5.97 Å². The van der Waals surface area contributed by atoms with E-state index in [1.165, 1.54) is 33.0 Å². The molecule has 1 saturated heterocycles. The number of piperazine rings is 1. The molecule has 0 spiro atoms. The SMILES string of the molecule is COC(=O)CCCN1CCN(C2CC2)CC1. The Morgan fingerprint density at radius 3 is 2.50 bits per heavy atom. The van der Waals surface area contributed by atoms with Gasteiger partial charge in [-0.2, -0.15) is 0 Å². The van der Waals surface area contributed by atoms with Gasteiger partial charge in [-0.3, -0.25) is 9.69 Å². The Balaban J connectivity index is 1.56. The summed E-state index contributed by atoms with van der Waals surface area (Å²) in [6.45, 7) is 5.79. The van der Waals surface area contributed by atoms with E-state index in [1.54, 1.807) is 0 Å². The summed E-state index contributed by atoms with van der Waals surface area (Å²) in [5.74, 6) is -0.0865. The van der Waals surface area contributed by atoms with Crippen LogP contribution in [0, 0.1) is 0 Å². The Labute approximate surface area is 97.5 Å². The molecule has 0 bridgehead atoms. The van der Waals surface area contributed by atoms with E-state index in [1.807, 2.05) is 0 Å². The lowest BCUT2D eigenvalue weighted by molar-refractivity contribution is -0.140. The highest BCUT2D eigenvalue weighted by molar-refractivity contribution is 5.69. The zero-order valence-corrected chi connectivity index (χ0v) is 10.2. The van der Waals surface area contributed by atoms with Crippen molar-refractivity contribution in [3.63, 3.8) is 0 Å². The fourth-order valence-electron chi connectivity index (χ4n) is 2.34. The van der Waals surface area contributed by atoms with Gasteiger partial charge in [0, 0.05) is 38.6 Å². The van der Waals surface area contributed by atoms with Crippen molar-refractivity contribution in [2.24, 2.45) is 0 Å². The molecule has 0 atom stereocenters. The van der Waals surface area contributed by atoms with Gasteiger partial charge in [0.2, 0.25) is 0 Å². The lowest BCUT2D eigenvalue weighted by Gasteiger charge is -2.34. The number of carbonyl (C=O) groups is 1. The van der Waals surface area contributed by atoms with E-state index in [4.69, 9.17) is 0 Å². The highest BCUT2D eigenvalue weighted by Crippen LogP contribution is 2.27. The molecule has 16 heavy (non-hydrogen) atoms. The predicted molar refractivity (Wildman–Crippen MR) is 62.3 cm³/mol. The maximum atomic E-state index is 11.0. The van der Waals surface area contributed by atoms with E-state index in [0.717, 1.165) is 32.1 Å². The van der Waals surface area contributed by atoms with E-state index in [2.05, 4.69) is 14.5 Å². The smallest absolute Gasteiger partial charge is 0.305 e. The first-order chi connectivity index (χ1) is 7.79. The third-order valence-corrected chi connectivity index (χ3v) is 3.55. The Morgan fingerprint density at radius 1 is 1.25 bits per heavy atom. The molecule has 1 aliphatic heterocycles. The zero-order chi connectivity index (χ0) is 11.4. The molecule has 2 fully saturated rings. The summed E-state index contributed by atoms with van der Waals surface area (Å²) in [5.41, 5.74) is 0. The van der Waals surface area contributed by atoms with Crippen molar-refractivity contribution in [3.8, 4) is 0 Å². The second kappa shape index (κ2) is 5.64. The molecular weight excluding hydrogens is 204 g/mol. The fraction of sp³-hybridized carbons (Fsp3) is 0.917. The third-order valence-electron chi connectivity index (χ3n) is 3.55. The molecule has 0 N–H and O–H groups in total. The fourth-order valence-corrected chi connectivity index (χ4v) is 2.34. The van der Waals surface area contributed by atoms with Crippen molar-refractivity contribution in [2.75, 3.05) is 39.8 Å². The molecule has 92 valence electrons. The molecular formula is C12H22N2O2. The number of rotatable bonds is 5. The molecule has 1 heterocycles. The molecule has 0 radical (unpaired) electrons. The lowest BCUT2D eigenvalue weighted by atomic mass is 10.2. The highest BCUT2D eigenvalue weighted by atomic mass is 16.5. The number of nitrogens with zero attached hydrogens (tertiary/aromatic N) is 2. The van der Waals surface area contributed by atoms with Gasteiger partial charge in [0.1, 0.15) is 0 Å². The van der Waals surface area contributed by atoms with Crippen LogP contribution in [-0.4, -0.2) is 61.6 Å². The topological polar surface area (TPSA) is 32.8 Å². The quantitative estimate of drug-likeness (QED) is 0.647. The van der Waals surface area contributed by atoms with Crippen molar-refractivity contribution in [1.29, 1.82) is 0 Å². The first-order valence-corrected chi connectivity index (χ1v) is 6.33. The Kier molecular flexibility index (Phi) is 4.18. The molecule has 0 aromatic rings. The van der Waals surface area contributed by atoms with Gasteiger partial charge in [-0.15, -0.1) is 0 Å². The van der Waals surface area contributed by atoms with Crippen LogP contribution >= 0.6 is 0 Å². The number of hydrogen-bond acceptors (Lipinski definition) is 4. The second-order valence-corrected chi connectivity index (χ2v) is 4.79. The second-order valence-electron chi connectivity index (χ2n) is 4.79. The molecule has 0 aromatic carbocycles. The first-order valence-electron chi connectivity index (χ1n) is 6.33. The summed E-state index contributed by atoms with van der Waals surface area (Å²) in [7, 11) is 1.46. The van der Waals surface area contributed by atoms with Gasteiger partial charge in [0.15, 0.2) is 0 Å². The Bertz CT molecular complexity index is 233. The van der Waals surface area contributed by atoms with E-state index >= 15 is 0 Å². The minimum atomic E-state index is -0.0865. The number of methoxy groups -OCH3 is 1. The Hall–Kier alpha value is -0.610. The number of ether oxygens (including phenoxy) is 1. The van der Waals surface area contributed by atoms with Crippen molar-refractivity contribution < 1.29 is 9.53 Å². The summed E-state index contributed by atoms with van der Waals surface area (Å²) in [6, 6.07) is 0.900. The van der Waals surface area contributed by atoms with Crippen LogP contribution in [0.3, 0.4) is 0 Å². The van der Waals surface area contributed by atoms with Gasteiger partial charge in [-0.25, -0.2) is 0 Å². The molecule has 2 aliphatic rings. The van der Waals surface area contributed by atoms with Crippen LogP contribution in [-0.2, 0) is 9.53 Å². The molecule has 0 aromatic heterocycles. The van der Waals surface area contributed by atoms with Gasteiger partial charge in [-0.1, -0.05) is 0 Å². The maximum Gasteiger partial charge on any atom is 0.305 e. The summed E-state index contributed by atoms with van der Waals surface area (Å²) in [6.07, 6.45) is 4.29. The van der Waals surface area contributed by atoms with Crippen molar-refractivity contribution in [1.82, 2.24) is 9.80 Å². The summed E-state index contributed by atoms with van der Waals surface area (Å²) < 4.78 is 4.63. The van der Waals surface area contributed by atoms with Crippen molar-refractivity contribution in [3.05, 3.63) is 0 Å². The third kappa shape index (κ3) is 3.46. The van der Waals surface area contributed by atoms with Crippen molar-refractivity contribution in [2.45, 2.75) is 31.7 Å². The molecule has 4 nitrogen and oxygen atoms in total. The standard InChI is InChI=1S/C12H22N2O2/c1-16-12(15)3-2-6-13-7-9-14(10-8-13)11-4-5-11/h11H,2-10H2,1H3. The summed E-state index contributed by atoms with van der Waals surface area (Å²) in [5, 5.41) is 0. The summed E-state index contributed by atoms with van der Waals surface area (Å²) in [4.78, 5) is 16.0. The first kappa shape index (κ1) is 11.9. The van der Waals surface area contributed by atoms with Gasteiger partial charge in [0.25, 0.3) is 0 Å². The average molecular weight is 226 g/mol. The van der Waals surface area contributed by atoms with E-state index in [-0.39, 0.29) is 5.97 Å². The molecule has 4 heteroatoms. The summed E-state index contributed by atoms with van der Waals surface area (Å²) >= 11 is 0. The predicted octanol–water partition coefficient (Wildman–Crippen LogP) is 0.720. The normalized spacial score (nSPS) is 23.3. The van der Waals surface area contributed by atoms with Gasteiger partial charge in [-0.05, 0) is 25.8 Å². The monoisotopic (exact) mass is 226 g/mol. The van der Waals surface area contributed by atoms with E-state index < -0.39 is 0 Å². The van der Waals surface area contributed by atoms with Crippen LogP contribution < -0.4 is 0 Å². The highest BCUT2D eigenvalue weighted by Gasteiger charge is 2.30. The largest absolute Gasteiger partial charge is 0.469 e. The van der Waals surface area contributed by atoms with E-state index in [9.17, 15) is 4.79 Å². The minimum absolute atomic E-state index is 0.0865. The van der Waals surface area contributed by atoms with Gasteiger partial charge in [0.05, 0.1) is 7.11 Å². The van der Waals surface area contributed by atoms with Crippen LogP contribution in [0.2, 0.25) is 0 Å². The number of hydrogen-bond donors (Lipinski definition) is 0. The van der Waals surface area contributed by atoms with Crippen LogP contribution in [0.4, 0.5) is 0 Å². The molecule has 2 rings (SSSR count). The van der Waals surface area contributed by atoms with Crippen LogP contribution in [0.15, 0.2) is 0 Å². The van der Waals surface area contributed by atoms with Crippen LogP contribution in [0.5, 0.6) is 0 Å². The van der Waals surface area contributed by atoms with Crippen molar-refractivity contribution >= 4 is 5.97 Å². The molecule has 0 unspecified atom stereocenters. The van der Waals surface area contributed by atoms with Crippen LogP contribution in [0.1, 0.15) is 25.7 Å². The number of esters is 1. The Morgan fingerprint density at radius 2 is 1.94 bits per heavy atom. The minimum Gasteiger partial charge on any atom is -0.469 e.